The van der Waals surface area contributed by atoms with Crippen LogP contribution in [0, 0.1) is 0 Å². The van der Waals surface area contributed by atoms with E-state index < -0.39 is 0 Å². The van der Waals surface area contributed by atoms with Crippen LogP contribution >= 0.6 is 0 Å². The Morgan fingerprint density at radius 3 is 2.55 bits per heavy atom. The topological polar surface area (TPSA) is 41.9 Å². The first-order chi connectivity index (χ1) is 14.3. The van der Waals surface area contributed by atoms with E-state index in [1.807, 2.05) is 12.3 Å². The van der Waals surface area contributed by atoms with Crippen LogP contribution in [-0.4, -0.2) is 26.4 Å². The summed E-state index contributed by atoms with van der Waals surface area (Å²) in [7, 11) is 0. The molecule has 2 aromatic heterocycles. The van der Waals surface area contributed by atoms with Gasteiger partial charge in [0, 0.05) is 61.2 Å². The van der Waals surface area contributed by atoms with Crippen molar-refractivity contribution >= 4 is 0 Å². The largest absolute Gasteiger partial charge is 0.294 e. The number of pyridine rings is 1. The molecule has 0 unspecified atom stereocenters. The van der Waals surface area contributed by atoms with Gasteiger partial charge in [0.05, 0.1) is 5.69 Å². The van der Waals surface area contributed by atoms with E-state index in [4.69, 9.17) is 9.97 Å². The summed E-state index contributed by atoms with van der Waals surface area (Å²) >= 11 is 0. The van der Waals surface area contributed by atoms with Gasteiger partial charge < -0.3 is 0 Å². The summed E-state index contributed by atoms with van der Waals surface area (Å²) < 4.78 is 0. The van der Waals surface area contributed by atoms with Gasteiger partial charge in [-0.3, -0.25) is 9.88 Å². The molecule has 0 N–H and O–H groups in total. The third-order valence-electron chi connectivity index (χ3n) is 6.30. The molecule has 5 rings (SSSR count). The van der Waals surface area contributed by atoms with Gasteiger partial charge in [-0.25, -0.2) is 9.97 Å². The van der Waals surface area contributed by atoms with Gasteiger partial charge in [-0.2, -0.15) is 0 Å². The number of nitrogens with zero attached hydrogens (tertiary/aromatic N) is 4. The van der Waals surface area contributed by atoms with Crippen LogP contribution in [0.15, 0.2) is 54.9 Å². The molecule has 29 heavy (non-hydrogen) atoms. The molecule has 0 radical (unpaired) electrons. The zero-order valence-electron chi connectivity index (χ0n) is 16.9. The fourth-order valence-electron chi connectivity index (χ4n) is 4.64. The zero-order valence-corrected chi connectivity index (χ0v) is 16.9. The Bertz CT molecular complexity index is 946. The fourth-order valence-corrected chi connectivity index (χ4v) is 4.64. The lowest BCUT2D eigenvalue weighted by molar-refractivity contribution is 0.242. The molecule has 1 aliphatic heterocycles. The van der Waals surface area contributed by atoms with Crippen molar-refractivity contribution in [3.05, 3.63) is 77.5 Å². The number of fused-ring (bicyclic) bond motifs is 1. The minimum absolute atomic E-state index is 0.585. The Balaban J connectivity index is 1.24. The Morgan fingerprint density at radius 2 is 1.76 bits per heavy atom. The van der Waals surface area contributed by atoms with Gasteiger partial charge in [-0.1, -0.05) is 55.7 Å². The van der Waals surface area contributed by atoms with E-state index in [2.05, 4.69) is 52.5 Å². The van der Waals surface area contributed by atoms with Gasteiger partial charge in [0.25, 0.3) is 0 Å². The Hall–Kier alpha value is -2.59. The summed E-state index contributed by atoms with van der Waals surface area (Å²) in [6.45, 7) is 2.90. The van der Waals surface area contributed by atoms with Crippen LogP contribution in [0.25, 0.3) is 11.3 Å². The van der Waals surface area contributed by atoms with E-state index in [0.29, 0.717) is 5.92 Å². The summed E-state index contributed by atoms with van der Waals surface area (Å²) in [6.07, 6.45) is 11.7. The highest BCUT2D eigenvalue weighted by Crippen LogP contribution is 2.31. The van der Waals surface area contributed by atoms with Crippen molar-refractivity contribution in [1.82, 2.24) is 19.9 Å². The maximum Gasteiger partial charge on any atom is 0.131 e. The lowest BCUT2D eigenvalue weighted by atomic mass is 9.88. The van der Waals surface area contributed by atoms with Gasteiger partial charge in [0.1, 0.15) is 5.82 Å². The van der Waals surface area contributed by atoms with Crippen LogP contribution in [0.3, 0.4) is 0 Å². The van der Waals surface area contributed by atoms with Crippen LogP contribution in [0.4, 0.5) is 0 Å². The van der Waals surface area contributed by atoms with Gasteiger partial charge in [-0.05, 0) is 24.5 Å². The second kappa shape index (κ2) is 8.42. The minimum Gasteiger partial charge on any atom is -0.294 e. The second-order valence-electron chi connectivity index (χ2n) is 8.41. The van der Waals surface area contributed by atoms with E-state index in [0.717, 1.165) is 43.1 Å². The Labute approximate surface area is 173 Å². The number of aromatic nitrogens is 3. The van der Waals surface area contributed by atoms with Gasteiger partial charge in [0.15, 0.2) is 0 Å². The number of hydrogen-bond donors (Lipinski definition) is 0. The van der Waals surface area contributed by atoms with Crippen molar-refractivity contribution in [1.29, 1.82) is 0 Å². The molecule has 2 aliphatic rings. The smallest absolute Gasteiger partial charge is 0.131 e. The number of hydrogen-bond acceptors (Lipinski definition) is 4. The molecule has 148 valence electrons. The number of benzene rings is 1. The molecule has 0 spiro atoms. The molecule has 4 nitrogen and oxygen atoms in total. The molecule has 0 amide bonds. The maximum atomic E-state index is 4.97. The molecule has 0 atom stereocenters. The molecule has 1 aliphatic carbocycles. The predicted molar refractivity (Wildman–Crippen MR) is 115 cm³/mol. The van der Waals surface area contributed by atoms with Crippen molar-refractivity contribution in [3.63, 3.8) is 0 Å². The first-order valence-corrected chi connectivity index (χ1v) is 10.9. The minimum atomic E-state index is 0.585. The molecule has 1 fully saturated rings. The van der Waals surface area contributed by atoms with Crippen LogP contribution < -0.4 is 0 Å². The standard InChI is InChI=1S/C25H28N4/c1-3-7-20(8-4-1)23-12-11-19(15-26-23)17-29-14-13-24-22(18-29)16-27-25(28-24)21-9-5-2-6-10-21/h1,3-4,7-8,11-12,15-16,21H,2,5-6,9-10,13-14,17-18H2. The predicted octanol–water partition coefficient (Wildman–Crippen LogP) is 5.14. The highest BCUT2D eigenvalue weighted by atomic mass is 15.1. The summed E-state index contributed by atoms with van der Waals surface area (Å²) in [5, 5.41) is 0. The molecule has 1 aromatic carbocycles. The van der Waals surface area contributed by atoms with Crippen LogP contribution in [-0.2, 0) is 19.5 Å². The van der Waals surface area contributed by atoms with Crippen molar-refractivity contribution in [3.8, 4) is 11.3 Å². The molecule has 1 saturated carbocycles. The maximum absolute atomic E-state index is 4.97. The molecule has 4 heteroatoms. The SMILES string of the molecule is c1ccc(-c2ccc(CN3CCc4nc(C5CCCCC5)ncc4C3)cn2)cc1. The summed E-state index contributed by atoms with van der Waals surface area (Å²) in [4.78, 5) is 16.9. The van der Waals surface area contributed by atoms with E-state index >= 15 is 0 Å². The summed E-state index contributed by atoms with van der Waals surface area (Å²) in [5.74, 6) is 1.68. The first-order valence-electron chi connectivity index (χ1n) is 10.9. The highest BCUT2D eigenvalue weighted by Gasteiger charge is 2.22. The normalized spacial score (nSPS) is 17.8. The first kappa shape index (κ1) is 18.4. The van der Waals surface area contributed by atoms with Crippen molar-refractivity contribution in [2.24, 2.45) is 0 Å². The Morgan fingerprint density at radius 1 is 0.897 bits per heavy atom. The Kier molecular flexibility index (Phi) is 5.35. The third-order valence-corrected chi connectivity index (χ3v) is 6.30. The molecule has 0 saturated heterocycles. The average Bonchev–Trinajstić information content (AvgIpc) is 2.80. The zero-order chi connectivity index (χ0) is 19.5. The van der Waals surface area contributed by atoms with E-state index in [9.17, 15) is 0 Å². The second-order valence-corrected chi connectivity index (χ2v) is 8.41. The van der Waals surface area contributed by atoms with Gasteiger partial charge >= 0.3 is 0 Å². The quantitative estimate of drug-likeness (QED) is 0.624. The van der Waals surface area contributed by atoms with Crippen LogP contribution in [0.5, 0.6) is 0 Å². The summed E-state index contributed by atoms with van der Waals surface area (Å²) in [6, 6.07) is 14.7. The summed E-state index contributed by atoms with van der Waals surface area (Å²) in [5.41, 5.74) is 6.02. The highest BCUT2D eigenvalue weighted by molar-refractivity contribution is 5.58. The molecule has 0 bridgehead atoms. The van der Waals surface area contributed by atoms with Crippen molar-refractivity contribution in [2.75, 3.05) is 6.54 Å². The van der Waals surface area contributed by atoms with Gasteiger partial charge in [-0.15, -0.1) is 0 Å². The van der Waals surface area contributed by atoms with Crippen molar-refractivity contribution in [2.45, 2.75) is 57.5 Å². The van der Waals surface area contributed by atoms with Crippen molar-refractivity contribution < 1.29 is 0 Å². The molecule has 3 aromatic rings. The monoisotopic (exact) mass is 384 g/mol. The van der Waals surface area contributed by atoms with Gasteiger partial charge in [0.2, 0.25) is 0 Å². The lowest BCUT2D eigenvalue weighted by Gasteiger charge is -2.29. The molecular formula is C25H28N4. The average molecular weight is 385 g/mol. The molecule has 3 heterocycles. The number of rotatable bonds is 4. The molecular weight excluding hydrogens is 356 g/mol. The third kappa shape index (κ3) is 4.23. The fraction of sp³-hybridized carbons (Fsp3) is 0.400. The van der Waals surface area contributed by atoms with E-state index in [-0.39, 0.29) is 0 Å². The van der Waals surface area contributed by atoms with E-state index in [1.54, 1.807) is 0 Å². The van der Waals surface area contributed by atoms with Crippen LogP contribution in [0.1, 0.15) is 60.7 Å². The van der Waals surface area contributed by atoms with Crippen LogP contribution in [0.2, 0.25) is 0 Å². The van der Waals surface area contributed by atoms with E-state index in [1.165, 1.54) is 48.9 Å². The lowest BCUT2D eigenvalue weighted by Crippen LogP contribution is -2.31.